The smallest absolute Gasteiger partial charge is 0.417 e. The monoisotopic (exact) mass is 360 g/mol. The van der Waals surface area contributed by atoms with E-state index in [4.69, 9.17) is 9.47 Å². The van der Waals surface area contributed by atoms with Gasteiger partial charge in [0, 0.05) is 25.7 Å². The van der Waals surface area contributed by atoms with Gasteiger partial charge in [0.1, 0.15) is 11.4 Å². The van der Waals surface area contributed by atoms with Crippen LogP contribution in [0.15, 0.2) is 18.3 Å². The third-order valence-corrected chi connectivity index (χ3v) is 3.63. The van der Waals surface area contributed by atoms with Crippen LogP contribution in [0.25, 0.3) is 0 Å². The van der Waals surface area contributed by atoms with E-state index in [2.05, 4.69) is 4.98 Å². The molecule has 1 unspecified atom stereocenters. The van der Waals surface area contributed by atoms with Gasteiger partial charge in [-0.05, 0) is 39.3 Å². The van der Waals surface area contributed by atoms with E-state index < -0.39 is 17.3 Å². The molecule has 2 rings (SSSR count). The summed E-state index contributed by atoms with van der Waals surface area (Å²) in [5, 5.41) is 0. The largest absolute Gasteiger partial charge is 0.460 e. The average molecular weight is 360 g/mol. The Morgan fingerprint density at radius 1 is 1.36 bits per heavy atom. The van der Waals surface area contributed by atoms with Crippen molar-refractivity contribution in [2.24, 2.45) is 0 Å². The Morgan fingerprint density at radius 2 is 2.08 bits per heavy atom. The van der Waals surface area contributed by atoms with Crippen molar-refractivity contribution < 1.29 is 27.4 Å². The third kappa shape index (κ3) is 6.19. The van der Waals surface area contributed by atoms with E-state index >= 15 is 0 Å². The molecule has 1 saturated heterocycles. The molecule has 1 atom stereocenters. The van der Waals surface area contributed by atoms with Gasteiger partial charge in [-0.15, -0.1) is 0 Å². The van der Waals surface area contributed by atoms with E-state index in [1.165, 1.54) is 6.07 Å². The fraction of sp³-hybridized carbons (Fsp3) is 0.647. The highest BCUT2D eigenvalue weighted by Crippen LogP contribution is 2.29. The molecule has 0 bridgehead atoms. The van der Waals surface area contributed by atoms with E-state index in [0.29, 0.717) is 31.9 Å². The lowest BCUT2D eigenvalue weighted by Crippen LogP contribution is -2.43. The molecule has 0 amide bonds. The summed E-state index contributed by atoms with van der Waals surface area (Å²) < 4.78 is 48.7. The van der Waals surface area contributed by atoms with Crippen LogP contribution in [0.5, 0.6) is 0 Å². The number of esters is 1. The van der Waals surface area contributed by atoms with Gasteiger partial charge in [0.2, 0.25) is 0 Å². The summed E-state index contributed by atoms with van der Waals surface area (Å²) in [5.74, 6) is 0.180. The standard InChI is InChI=1S/C17H23F3N2O3/c1-16(2,3)25-15(23)7-5-13-11-22(8-9-24-13)14-6-4-12(10-21-14)17(18,19)20/h4,6,10,13H,5,7-9,11H2,1-3H3. The number of hydrogen-bond acceptors (Lipinski definition) is 5. The first-order chi connectivity index (χ1) is 11.5. The third-order valence-electron chi connectivity index (χ3n) is 3.63. The topological polar surface area (TPSA) is 51.7 Å². The van der Waals surface area contributed by atoms with Crippen LogP contribution in [0.1, 0.15) is 39.2 Å². The quantitative estimate of drug-likeness (QED) is 0.770. The van der Waals surface area contributed by atoms with Crippen LogP contribution in [0.3, 0.4) is 0 Å². The van der Waals surface area contributed by atoms with Gasteiger partial charge in [0.05, 0.1) is 18.3 Å². The number of alkyl halides is 3. The van der Waals surface area contributed by atoms with Gasteiger partial charge >= 0.3 is 12.1 Å². The van der Waals surface area contributed by atoms with Crippen molar-refractivity contribution in [3.05, 3.63) is 23.9 Å². The summed E-state index contributed by atoms with van der Waals surface area (Å²) in [6, 6.07) is 2.38. The lowest BCUT2D eigenvalue weighted by atomic mass is 10.1. The molecule has 0 spiro atoms. The predicted octanol–water partition coefficient (Wildman–Crippen LogP) is 3.43. The molecule has 5 nitrogen and oxygen atoms in total. The number of carbonyl (C=O) groups excluding carboxylic acids is 1. The molecular formula is C17H23F3N2O3. The van der Waals surface area contributed by atoms with Crippen LogP contribution < -0.4 is 4.90 Å². The molecular weight excluding hydrogens is 337 g/mol. The average Bonchev–Trinajstić information content (AvgIpc) is 2.51. The second-order valence-electron chi connectivity index (χ2n) is 6.97. The van der Waals surface area contributed by atoms with Crippen LogP contribution in [-0.4, -0.2) is 42.4 Å². The molecule has 8 heteroatoms. The molecule has 1 aliphatic rings. The zero-order valence-corrected chi connectivity index (χ0v) is 14.6. The SMILES string of the molecule is CC(C)(C)OC(=O)CCC1CN(c2ccc(C(F)(F)F)cn2)CCO1. The second kappa shape index (κ2) is 7.59. The maximum atomic E-state index is 12.6. The first kappa shape index (κ1) is 19.5. The van der Waals surface area contributed by atoms with Crippen LogP contribution in [0.2, 0.25) is 0 Å². The summed E-state index contributed by atoms with van der Waals surface area (Å²) in [6.45, 7) is 6.87. The highest BCUT2D eigenvalue weighted by molar-refractivity contribution is 5.69. The van der Waals surface area contributed by atoms with Crippen molar-refractivity contribution in [2.45, 2.75) is 51.5 Å². The Kier molecular flexibility index (Phi) is 5.92. The summed E-state index contributed by atoms with van der Waals surface area (Å²) in [7, 11) is 0. The zero-order valence-electron chi connectivity index (χ0n) is 14.6. The molecule has 1 fully saturated rings. The van der Waals surface area contributed by atoms with Crippen molar-refractivity contribution in [1.82, 2.24) is 4.98 Å². The molecule has 1 aromatic heterocycles. The van der Waals surface area contributed by atoms with Crippen molar-refractivity contribution in [3.8, 4) is 0 Å². The van der Waals surface area contributed by atoms with Crippen LogP contribution in [0, 0.1) is 0 Å². The fourth-order valence-electron chi connectivity index (χ4n) is 2.51. The van der Waals surface area contributed by atoms with Crippen LogP contribution in [-0.2, 0) is 20.4 Å². The highest BCUT2D eigenvalue weighted by Gasteiger charge is 2.31. The molecule has 0 N–H and O–H groups in total. The maximum absolute atomic E-state index is 12.6. The zero-order chi connectivity index (χ0) is 18.7. The minimum absolute atomic E-state index is 0.189. The Morgan fingerprint density at radius 3 is 2.64 bits per heavy atom. The number of halogens is 3. The molecule has 25 heavy (non-hydrogen) atoms. The number of aromatic nitrogens is 1. The van der Waals surface area contributed by atoms with E-state index in [1.807, 2.05) is 4.90 Å². The molecule has 0 aliphatic carbocycles. The van der Waals surface area contributed by atoms with Crippen molar-refractivity contribution in [3.63, 3.8) is 0 Å². The molecule has 1 aromatic rings. The molecule has 140 valence electrons. The summed E-state index contributed by atoms with van der Waals surface area (Å²) in [4.78, 5) is 17.5. The van der Waals surface area contributed by atoms with Crippen LogP contribution in [0.4, 0.5) is 19.0 Å². The van der Waals surface area contributed by atoms with E-state index in [9.17, 15) is 18.0 Å². The van der Waals surface area contributed by atoms with Gasteiger partial charge in [-0.25, -0.2) is 4.98 Å². The van der Waals surface area contributed by atoms with Crippen molar-refractivity contribution in [1.29, 1.82) is 0 Å². The first-order valence-electron chi connectivity index (χ1n) is 8.16. The molecule has 1 aliphatic heterocycles. The van der Waals surface area contributed by atoms with E-state index in [0.717, 1.165) is 12.3 Å². The number of anilines is 1. The van der Waals surface area contributed by atoms with Gasteiger partial charge in [0.25, 0.3) is 0 Å². The van der Waals surface area contributed by atoms with Crippen molar-refractivity contribution in [2.75, 3.05) is 24.6 Å². The van der Waals surface area contributed by atoms with E-state index in [-0.39, 0.29) is 18.5 Å². The number of morpholine rings is 1. The Hall–Kier alpha value is -1.83. The molecule has 0 saturated carbocycles. The lowest BCUT2D eigenvalue weighted by molar-refractivity contribution is -0.155. The number of nitrogens with zero attached hydrogens (tertiary/aromatic N) is 2. The minimum Gasteiger partial charge on any atom is -0.460 e. The number of rotatable bonds is 4. The number of hydrogen-bond donors (Lipinski definition) is 0. The predicted molar refractivity (Wildman–Crippen MR) is 86.3 cm³/mol. The Balaban J connectivity index is 1.89. The molecule has 0 aromatic carbocycles. The van der Waals surface area contributed by atoms with Gasteiger partial charge in [-0.2, -0.15) is 13.2 Å². The summed E-state index contributed by atoms with van der Waals surface area (Å²) in [5.41, 5.74) is -1.30. The number of carbonyl (C=O) groups is 1. The van der Waals surface area contributed by atoms with E-state index in [1.54, 1.807) is 20.8 Å². The highest BCUT2D eigenvalue weighted by atomic mass is 19.4. The number of pyridine rings is 1. The first-order valence-corrected chi connectivity index (χ1v) is 8.16. The van der Waals surface area contributed by atoms with Gasteiger partial charge in [-0.3, -0.25) is 4.79 Å². The fourth-order valence-corrected chi connectivity index (χ4v) is 2.51. The summed E-state index contributed by atoms with van der Waals surface area (Å²) in [6.07, 6.45) is -3.03. The normalized spacial score (nSPS) is 19.0. The lowest BCUT2D eigenvalue weighted by Gasteiger charge is -2.34. The maximum Gasteiger partial charge on any atom is 0.417 e. The Labute approximate surface area is 145 Å². The molecule has 2 heterocycles. The van der Waals surface area contributed by atoms with Gasteiger partial charge < -0.3 is 14.4 Å². The minimum atomic E-state index is -4.40. The Bertz CT molecular complexity index is 582. The van der Waals surface area contributed by atoms with Gasteiger partial charge in [0.15, 0.2) is 0 Å². The van der Waals surface area contributed by atoms with Crippen molar-refractivity contribution >= 4 is 11.8 Å². The summed E-state index contributed by atoms with van der Waals surface area (Å²) >= 11 is 0. The molecule has 0 radical (unpaired) electrons. The van der Waals surface area contributed by atoms with Crippen LogP contribution >= 0.6 is 0 Å². The van der Waals surface area contributed by atoms with Gasteiger partial charge in [-0.1, -0.05) is 0 Å². The number of ether oxygens (including phenoxy) is 2. The second-order valence-corrected chi connectivity index (χ2v) is 6.97.